The summed E-state index contributed by atoms with van der Waals surface area (Å²) >= 11 is 1.57. The summed E-state index contributed by atoms with van der Waals surface area (Å²) in [6.45, 7) is 2.66. The van der Waals surface area contributed by atoms with Gasteiger partial charge in [0.15, 0.2) is 5.13 Å². The first-order valence-electron chi connectivity index (χ1n) is 9.30. The fourth-order valence-corrected chi connectivity index (χ4v) is 6.19. The molecule has 0 atom stereocenters. The van der Waals surface area contributed by atoms with Gasteiger partial charge in [-0.2, -0.15) is 4.31 Å². The van der Waals surface area contributed by atoms with E-state index in [0.717, 1.165) is 30.5 Å². The average Bonchev–Trinajstić information content (AvgIpc) is 3.24. The molecule has 0 spiro atoms. The third-order valence-corrected chi connectivity index (χ3v) is 8.29. The second-order valence-electron chi connectivity index (χ2n) is 7.22. The molecule has 1 aromatic heterocycles. The van der Waals surface area contributed by atoms with Gasteiger partial charge in [0.1, 0.15) is 0 Å². The fourth-order valence-electron chi connectivity index (χ4n) is 3.67. The van der Waals surface area contributed by atoms with E-state index in [0.29, 0.717) is 36.0 Å². The maximum atomic E-state index is 12.8. The van der Waals surface area contributed by atoms with E-state index in [4.69, 9.17) is 0 Å². The molecule has 27 heavy (non-hydrogen) atoms. The highest BCUT2D eigenvalue weighted by Crippen LogP contribution is 2.31. The maximum Gasteiger partial charge on any atom is 0.243 e. The van der Waals surface area contributed by atoms with Crippen LogP contribution in [0.25, 0.3) is 0 Å². The van der Waals surface area contributed by atoms with E-state index in [9.17, 15) is 13.2 Å². The number of fused-ring (bicyclic) bond motifs is 1. The smallest absolute Gasteiger partial charge is 0.243 e. The number of sulfonamides is 1. The zero-order chi connectivity index (χ0) is 19.0. The van der Waals surface area contributed by atoms with Gasteiger partial charge in [-0.05, 0) is 51.2 Å². The van der Waals surface area contributed by atoms with Crippen LogP contribution < -0.4 is 5.32 Å². The SMILES string of the molecule is Cc1ccc(S(=O)(=O)N2CCC(C(=O)Nc3nc4c(s3)CCC4)CC2)cc1. The van der Waals surface area contributed by atoms with Gasteiger partial charge in [-0.25, -0.2) is 13.4 Å². The van der Waals surface area contributed by atoms with Crippen molar-refractivity contribution in [1.82, 2.24) is 9.29 Å². The van der Waals surface area contributed by atoms with Crippen molar-refractivity contribution in [3.63, 3.8) is 0 Å². The summed E-state index contributed by atoms with van der Waals surface area (Å²) in [5.41, 5.74) is 2.15. The molecule has 1 saturated heterocycles. The molecule has 1 aliphatic heterocycles. The van der Waals surface area contributed by atoms with Crippen molar-refractivity contribution in [2.24, 2.45) is 5.92 Å². The minimum atomic E-state index is -3.49. The number of amides is 1. The van der Waals surface area contributed by atoms with E-state index in [-0.39, 0.29) is 11.8 Å². The molecule has 2 aliphatic rings. The van der Waals surface area contributed by atoms with Crippen molar-refractivity contribution in [1.29, 1.82) is 0 Å². The fraction of sp³-hybridized carbons (Fsp3) is 0.474. The number of benzene rings is 1. The maximum absolute atomic E-state index is 12.8. The number of piperidine rings is 1. The Morgan fingerprint density at radius 3 is 2.56 bits per heavy atom. The Kier molecular flexibility index (Phi) is 5.05. The first-order chi connectivity index (χ1) is 12.9. The topological polar surface area (TPSA) is 79.4 Å². The summed E-state index contributed by atoms with van der Waals surface area (Å²) in [7, 11) is -3.49. The molecule has 4 rings (SSSR count). The van der Waals surface area contributed by atoms with E-state index in [2.05, 4.69) is 10.3 Å². The number of nitrogens with zero attached hydrogens (tertiary/aromatic N) is 2. The second kappa shape index (κ2) is 7.33. The third kappa shape index (κ3) is 3.79. The summed E-state index contributed by atoms with van der Waals surface area (Å²) in [5.74, 6) is -0.219. The Morgan fingerprint density at radius 1 is 1.19 bits per heavy atom. The second-order valence-corrected chi connectivity index (χ2v) is 10.2. The zero-order valence-corrected chi connectivity index (χ0v) is 16.9. The number of aryl methyl sites for hydroxylation is 3. The summed E-state index contributed by atoms with van der Waals surface area (Å²) in [6, 6.07) is 6.90. The quantitative estimate of drug-likeness (QED) is 0.848. The van der Waals surface area contributed by atoms with Gasteiger partial charge < -0.3 is 5.32 Å². The number of hydrogen-bond acceptors (Lipinski definition) is 5. The van der Waals surface area contributed by atoms with Gasteiger partial charge in [-0.1, -0.05) is 17.7 Å². The van der Waals surface area contributed by atoms with Gasteiger partial charge in [0.25, 0.3) is 0 Å². The van der Waals surface area contributed by atoms with Crippen LogP contribution in [0, 0.1) is 12.8 Å². The van der Waals surface area contributed by atoms with E-state index in [1.807, 2.05) is 6.92 Å². The number of nitrogens with one attached hydrogen (secondary N) is 1. The molecule has 1 aromatic carbocycles. The molecule has 1 aliphatic carbocycles. The van der Waals surface area contributed by atoms with Crippen LogP contribution in [0.2, 0.25) is 0 Å². The average molecular weight is 406 g/mol. The van der Waals surface area contributed by atoms with Gasteiger partial charge in [0.2, 0.25) is 15.9 Å². The van der Waals surface area contributed by atoms with E-state index in [1.54, 1.807) is 35.6 Å². The summed E-state index contributed by atoms with van der Waals surface area (Å²) in [4.78, 5) is 18.6. The Morgan fingerprint density at radius 2 is 1.89 bits per heavy atom. The Hall–Kier alpha value is -1.77. The number of carbonyl (C=O) groups excluding carboxylic acids is 1. The summed E-state index contributed by atoms with van der Waals surface area (Å²) in [5, 5.41) is 3.61. The molecule has 0 unspecified atom stereocenters. The van der Waals surface area contributed by atoms with E-state index in [1.165, 1.54) is 9.18 Å². The van der Waals surface area contributed by atoms with E-state index < -0.39 is 10.0 Å². The third-order valence-electron chi connectivity index (χ3n) is 5.31. The van der Waals surface area contributed by atoms with Gasteiger partial charge in [-0.15, -0.1) is 11.3 Å². The predicted octanol–water partition coefficient (Wildman–Crippen LogP) is 2.98. The normalized spacial score (nSPS) is 18.4. The molecule has 144 valence electrons. The van der Waals surface area contributed by atoms with Gasteiger partial charge >= 0.3 is 0 Å². The lowest BCUT2D eigenvalue weighted by atomic mass is 9.97. The van der Waals surface area contributed by atoms with E-state index >= 15 is 0 Å². The molecule has 1 amide bonds. The molecular formula is C19H23N3O3S2. The molecule has 1 fully saturated rings. The van der Waals surface area contributed by atoms with Crippen LogP contribution in [-0.2, 0) is 27.7 Å². The molecular weight excluding hydrogens is 382 g/mol. The van der Waals surface area contributed by atoms with Crippen LogP contribution in [0.15, 0.2) is 29.2 Å². The van der Waals surface area contributed by atoms with Crippen molar-refractivity contribution < 1.29 is 13.2 Å². The number of thiazole rings is 1. The Balaban J connectivity index is 1.36. The van der Waals surface area contributed by atoms with Gasteiger partial charge in [0, 0.05) is 23.9 Å². The number of hydrogen-bond donors (Lipinski definition) is 1. The Labute approximate surface area is 163 Å². The number of anilines is 1. The first-order valence-corrected chi connectivity index (χ1v) is 11.6. The molecule has 2 aromatic rings. The molecule has 2 heterocycles. The number of rotatable bonds is 4. The van der Waals surface area contributed by atoms with Crippen LogP contribution in [0.4, 0.5) is 5.13 Å². The van der Waals surface area contributed by atoms with Crippen LogP contribution in [0.1, 0.15) is 35.4 Å². The summed E-state index contributed by atoms with van der Waals surface area (Å²) in [6.07, 6.45) is 4.26. The lowest BCUT2D eigenvalue weighted by molar-refractivity contribution is -0.120. The minimum absolute atomic E-state index is 0.0465. The first kappa shape index (κ1) is 18.6. The molecule has 0 saturated carbocycles. The minimum Gasteiger partial charge on any atom is -0.302 e. The van der Waals surface area contributed by atoms with Gasteiger partial charge in [0.05, 0.1) is 10.6 Å². The van der Waals surface area contributed by atoms with Crippen molar-refractivity contribution in [2.45, 2.75) is 43.9 Å². The van der Waals surface area contributed by atoms with Crippen LogP contribution in [0.3, 0.4) is 0 Å². The largest absolute Gasteiger partial charge is 0.302 e. The molecule has 8 heteroatoms. The number of aromatic nitrogens is 1. The Bertz CT molecular complexity index is 922. The monoisotopic (exact) mass is 405 g/mol. The van der Waals surface area contributed by atoms with Crippen molar-refractivity contribution >= 4 is 32.4 Å². The highest BCUT2D eigenvalue weighted by atomic mass is 32.2. The van der Waals surface area contributed by atoms with Gasteiger partial charge in [-0.3, -0.25) is 4.79 Å². The van der Waals surface area contributed by atoms with Crippen LogP contribution in [-0.4, -0.2) is 36.7 Å². The van der Waals surface area contributed by atoms with Crippen molar-refractivity contribution in [3.05, 3.63) is 40.4 Å². The predicted molar refractivity (Wildman–Crippen MR) is 105 cm³/mol. The molecule has 1 N–H and O–H groups in total. The summed E-state index contributed by atoms with van der Waals surface area (Å²) < 4.78 is 27.0. The van der Waals surface area contributed by atoms with Crippen molar-refractivity contribution in [2.75, 3.05) is 18.4 Å². The zero-order valence-electron chi connectivity index (χ0n) is 15.3. The van der Waals surface area contributed by atoms with Crippen molar-refractivity contribution in [3.8, 4) is 0 Å². The lowest BCUT2D eigenvalue weighted by Crippen LogP contribution is -2.41. The van der Waals surface area contributed by atoms with Crippen LogP contribution >= 0.6 is 11.3 Å². The molecule has 0 radical (unpaired) electrons. The number of carbonyl (C=O) groups is 1. The highest BCUT2D eigenvalue weighted by molar-refractivity contribution is 7.89. The lowest BCUT2D eigenvalue weighted by Gasteiger charge is -2.30. The van der Waals surface area contributed by atoms with Crippen LogP contribution in [0.5, 0.6) is 0 Å². The molecule has 6 nitrogen and oxygen atoms in total. The molecule has 0 bridgehead atoms. The standard InChI is InChI=1S/C19H23N3O3S2/c1-13-5-7-15(8-6-13)27(24,25)22-11-9-14(10-12-22)18(23)21-19-20-16-3-2-4-17(16)26-19/h5-8,14H,2-4,9-12H2,1H3,(H,20,21,23). The highest BCUT2D eigenvalue weighted by Gasteiger charge is 2.32.